The van der Waals surface area contributed by atoms with Gasteiger partial charge < -0.3 is 15.0 Å². The molecule has 0 aliphatic carbocycles. The average molecular weight is 366 g/mol. The maximum absolute atomic E-state index is 13.9. The lowest BCUT2D eigenvalue weighted by atomic mass is 10.1. The summed E-state index contributed by atoms with van der Waals surface area (Å²) in [5.74, 6) is 0.327. The third-order valence-electron chi connectivity index (χ3n) is 4.28. The second-order valence-corrected chi connectivity index (χ2v) is 6.42. The molecular weight excluding hydrogens is 343 g/mol. The van der Waals surface area contributed by atoms with Crippen LogP contribution in [0.5, 0.6) is 5.75 Å². The van der Waals surface area contributed by atoms with Gasteiger partial charge in [-0.1, -0.05) is 29.8 Å². The van der Waals surface area contributed by atoms with Gasteiger partial charge in [0.2, 0.25) is 0 Å². The van der Waals surface area contributed by atoms with Crippen LogP contribution in [-0.4, -0.2) is 26.1 Å². The number of ether oxygens (including phenoxy) is 1. The number of hydrogen-bond acceptors (Lipinski definition) is 2. The van der Waals surface area contributed by atoms with Crippen molar-refractivity contribution in [3.05, 3.63) is 64.4 Å². The molecule has 1 unspecified atom stereocenters. The Morgan fingerprint density at radius 3 is 2.56 bits per heavy atom. The number of carbonyl (C=O) groups excluding carboxylic acids is 1. The summed E-state index contributed by atoms with van der Waals surface area (Å²) in [7, 11) is 3.46. The number of benzene rings is 2. The number of quaternary nitrogens is 1. The molecule has 0 aliphatic heterocycles. The van der Waals surface area contributed by atoms with E-state index in [4.69, 9.17) is 16.3 Å². The molecule has 1 amide bonds. The second kappa shape index (κ2) is 8.83. The molecule has 2 aromatic rings. The van der Waals surface area contributed by atoms with Gasteiger partial charge in [0, 0.05) is 6.54 Å². The van der Waals surface area contributed by atoms with Crippen LogP contribution in [0.2, 0.25) is 5.02 Å². The number of amides is 1. The van der Waals surface area contributed by atoms with Crippen LogP contribution < -0.4 is 15.0 Å². The van der Waals surface area contributed by atoms with Gasteiger partial charge in [-0.25, -0.2) is 4.39 Å². The summed E-state index contributed by atoms with van der Waals surface area (Å²) in [6, 6.07) is 11.8. The SMILES string of the molecule is COc1ccc(CNC(=O)[C@H](C)[NH+](C)Cc2c(F)cccc2Cl)cc1. The summed E-state index contributed by atoms with van der Waals surface area (Å²) in [5.41, 5.74) is 1.41. The predicted octanol–water partition coefficient (Wildman–Crippen LogP) is 2.21. The molecule has 0 bridgehead atoms. The van der Waals surface area contributed by atoms with Crippen molar-refractivity contribution in [3.63, 3.8) is 0 Å². The lowest BCUT2D eigenvalue weighted by molar-refractivity contribution is -0.908. The van der Waals surface area contributed by atoms with E-state index in [2.05, 4.69) is 5.32 Å². The van der Waals surface area contributed by atoms with Crippen molar-refractivity contribution in [1.82, 2.24) is 5.32 Å². The van der Waals surface area contributed by atoms with E-state index in [0.29, 0.717) is 23.7 Å². The number of likely N-dealkylation sites (N-methyl/N-ethyl adjacent to an activating group) is 1. The molecule has 2 aromatic carbocycles. The maximum atomic E-state index is 13.9. The smallest absolute Gasteiger partial charge is 0.278 e. The zero-order chi connectivity index (χ0) is 18.4. The van der Waals surface area contributed by atoms with E-state index in [1.807, 2.05) is 38.2 Å². The first kappa shape index (κ1) is 19.2. The highest BCUT2D eigenvalue weighted by Gasteiger charge is 2.23. The minimum Gasteiger partial charge on any atom is -0.497 e. The summed E-state index contributed by atoms with van der Waals surface area (Å²) < 4.78 is 19.0. The molecule has 0 radical (unpaired) electrons. The van der Waals surface area contributed by atoms with E-state index in [1.165, 1.54) is 6.07 Å². The minimum atomic E-state index is -0.349. The molecule has 4 nitrogen and oxygen atoms in total. The van der Waals surface area contributed by atoms with Crippen LogP contribution in [0, 0.1) is 5.82 Å². The maximum Gasteiger partial charge on any atom is 0.278 e. The number of methoxy groups -OCH3 is 1. The van der Waals surface area contributed by atoms with Crippen molar-refractivity contribution in [3.8, 4) is 5.75 Å². The second-order valence-electron chi connectivity index (χ2n) is 6.01. The Kier molecular flexibility index (Phi) is 6.79. The van der Waals surface area contributed by atoms with E-state index in [0.717, 1.165) is 16.2 Å². The van der Waals surface area contributed by atoms with Crippen LogP contribution in [0.1, 0.15) is 18.1 Å². The van der Waals surface area contributed by atoms with Gasteiger partial charge in [0.05, 0.1) is 24.7 Å². The fourth-order valence-corrected chi connectivity index (χ4v) is 2.67. The van der Waals surface area contributed by atoms with Crippen molar-refractivity contribution in [2.24, 2.45) is 0 Å². The summed E-state index contributed by atoms with van der Waals surface area (Å²) in [4.78, 5) is 13.2. The third kappa shape index (κ3) is 5.18. The molecule has 0 spiro atoms. The Bertz CT molecular complexity index is 702. The summed E-state index contributed by atoms with van der Waals surface area (Å²) >= 11 is 6.06. The zero-order valence-electron chi connectivity index (χ0n) is 14.6. The molecule has 6 heteroatoms. The highest BCUT2D eigenvalue weighted by atomic mass is 35.5. The van der Waals surface area contributed by atoms with E-state index >= 15 is 0 Å². The molecular formula is C19H23ClFN2O2+. The Morgan fingerprint density at radius 2 is 1.96 bits per heavy atom. The molecule has 2 rings (SSSR count). The first-order chi connectivity index (χ1) is 11.9. The largest absolute Gasteiger partial charge is 0.497 e. The van der Waals surface area contributed by atoms with Crippen LogP contribution in [-0.2, 0) is 17.9 Å². The number of nitrogens with one attached hydrogen (secondary N) is 2. The van der Waals surface area contributed by atoms with E-state index in [-0.39, 0.29) is 17.8 Å². The molecule has 0 aliphatic rings. The van der Waals surface area contributed by atoms with Crippen molar-refractivity contribution in [2.45, 2.75) is 26.1 Å². The van der Waals surface area contributed by atoms with Gasteiger partial charge in [0.25, 0.3) is 5.91 Å². The van der Waals surface area contributed by atoms with Crippen LogP contribution in [0.3, 0.4) is 0 Å². The number of rotatable bonds is 7. The molecule has 2 atom stereocenters. The predicted molar refractivity (Wildman–Crippen MR) is 96.3 cm³/mol. The fraction of sp³-hybridized carbons (Fsp3) is 0.316. The lowest BCUT2D eigenvalue weighted by Gasteiger charge is -2.22. The van der Waals surface area contributed by atoms with Gasteiger partial charge in [-0.2, -0.15) is 0 Å². The van der Waals surface area contributed by atoms with Crippen LogP contribution in [0.15, 0.2) is 42.5 Å². The van der Waals surface area contributed by atoms with Crippen molar-refractivity contribution in [2.75, 3.05) is 14.2 Å². The zero-order valence-corrected chi connectivity index (χ0v) is 15.4. The van der Waals surface area contributed by atoms with Crippen molar-refractivity contribution >= 4 is 17.5 Å². The quantitative estimate of drug-likeness (QED) is 0.790. The molecule has 25 heavy (non-hydrogen) atoms. The Balaban J connectivity index is 1.92. The monoisotopic (exact) mass is 365 g/mol. The Hall–Kier alpha value is -2.11. The van der Waals surface area contributed by atoms with Gasteiger partial charge in [-0.3, -0.25) is 4.79 Å². The third-order valence-corrected chi connectivity index (χ3v) is 4.63. The van der Waals surface area contributed by atoms with E-state index in [1.54, 1.807) is 19.2 Å². The molecule has 2 N–H and O–H groups in total. The first-order valence-corrected chi connectivity index (χ1v) is 8.46. The molecule has 0 heterocycles. The number of hydrogen-bond donors (Lipinski definition) is 2. The number of halogens is 2. The molecule has 134 valence electrons. The molecule has 0 saturated carbocycles. The highest BCUT2D eigenvalue weighted by Crippen LogP contribution is 2.17. The highest BCUT2D eigenvalue weighted by molar-refractivity contribution is 6.31. The topological polar surface area (TPSA) is 42.8 Å². The van der Waals surface area contributed by atoms with E-state index < -0.39 is 0 Å². The van der Waals surface area contributed by atoms with Crippen molar-refractivity contribution < 1.29 is 18.8 Å². The normalized spacial score (nSPS) is 13.2. The molecule has 0 saturated heterocycles. The van der Waals surface area contributed by atoms with Crippen LogP contribution in [0.4, 0.5) is 4.39 Å². The standard InChI is InChI=1S/C19H22ClFN2O2/c1-13(23(2)12-16-17(20)5-4-6-18(16)21)19(24)22-11-14-7-9-15(25-3)10-8-14/h4-10,13H,11-12H2,1-3H3,(H,22,24)/p+1/t13-/m0/s1. The van der Waals surface area contributed by atoms with Gasteiger partial charge >= 0.3 is 0 Å². The Labute approximate surface area is 152 Å². The van der Waals surface area contributed by atoms with Gasteiger partial charge in [-0.05, 0) is 36.8 Å². The Morgan fingerprint density at radius 1 is 1.28 bits per heavy atom. The first-order valence-electron chi connectivity index (χ1n) is 8.08. The van der Waals surface area contributed by atoms with Crippen LogP contribution in [0.25, 0.3) is 0 Å². The average Bonchev–Trinajstić information content (AvgIpc) is 2.62. The molecule has 0 aromatic heterocycles. The van der Waals surface area contributed by atoms with Crippen LogP contribution >= 0.6 is 11.6 Å². The van der Waals surface area contributed by atoms with Crippen molar-refractivity contribution in [1.29, 1.82) is 0 Å². The summed E-state index contributed by atoms with van der Waals surface area (Å²) in [6.07, 6.45) is 0. The lowest BCUT2D eigenvalue weighted by Crippen LogP contribution is -3.12. The summed E-state index contributed by atoms with van der Waals surface area (Å²) in [5, 5.41) is 3.28. The van der Waals surface area contributed by atoms with Gasteiger partial charge in [0.15, 0.2) is 6.04 Å². The fourth-order valence-electron chi connectivity index (χ4n) is 2.44. The van der Waals surface area contributed by atoms with E-state index in [9.17, 15) is 9.18 Å². The summed E-state index contributed by atoms with van der Waals surface area (Å²) in [6.45, 7) is 2.58. The molecule has 0 fully saturated rings. The van der Waals surface area contributed by atoms with Gasteiger partial charge in [0.1, 0.15) is 18.1 Å². The minimum absolute atomic E-state index is 0.0965. The number of carbonyl (C=O) groups is 1. The van der Waals surface area contributed by atoms with Gasteiger partial charge in [-0.15, -0.1) is 0 Å².